The largest absolute Gasteiger partial charge is 0.492 e. The maximum absolute atomic E-state index is 5.88. The predicted octanol–water partition coefficient (Wildman–Crippen LogP) is 3.27. The fourth-order valence-electron chi connectivity index (χ4n) is 2.97. The molecule has 3 N–H and O–H groups in total. The molecule has 1 aromatic carbocycles. The lowest BCUT2D eigenvalue weighted by atomic mass is 10.0. The number of pyridine rings is 2. The van der Waals surface area contributed by atoms with Crippen molar-refractivity contribution in [2.24, 2.45) is 0 Å². The average molecular weight is 318 g/mol. The Morgan fingerprint density at radius 3 is 2.88 bits per heavy atom. The Bertz CT molecular complexity index is 864. The van der Waals surface area contributed by atoms with Gasteiger partial charge in [0, 0.05) is 48.4 Å². The first-order valence-electron chi connectivity index (χ1n) is 7.94. The summed E-state index contributed by atoms with van der Waals surface area (Å²) in [7, 11) is 0. The van der Waals surface area contributed by atoms with Gasteiger partial charge in [0.1, 0.15) is 11.6 Å². The number of anilines is 2. The van der Waals surface area contributed by atoms with Crippen LogP contribution in [0.25, 0.3) is 11.1 Å². The molecule has 1 aliphatic rings. The van der Waals surface area contributed by atoms with Crippen LogP contribution in [0, 0.1) is 0 Å². The van der Waals surface area contributed by atoms with Crippen molar-refractivity contribution in [2.45, 2.75) is 13.0 Å². The van der Waals surface area contributed by atoms with Crippen LogP contribution in [-0.4, -0.2) is 16.6 Å². The Kier molecular flexibility index (Phi) is 3.75. The number of nitrogens with one attached hydrogen (secondary N) is 1. The van der Waals surface area contributed by atoms with Crippen molar-refractivity contribution < 1.29 is 4.74 Å². The van der Waals surface area contributed by atoms with Crippen molar-refractivity contribution in [2.75, 3.05) is 17.7 Å². The highest BCUT2D eigenvalue weighted by atomic mass is 16.5. The van der Waals surface area contributed by atoms with Gasteiger partial charge < -0.3 is 15.8 Å². The van der Waals surface area contributed by atoms with Crippen molar-refractivity contribution in [1.29, 1.82) is 0 Å². The summed E-state index contributed by atoms with van der Waals surface area (Å²) in [6.45, 7) is 1.37. The fourth-order valence-corrected chi connectivity index (χ4v) is 2.97. The Morgan fingerprint density at radius 1 is 1.17 bits per heavy atom. The second-order valence-corrected chi connectivity index (χ2v) is 5.76. The third-order valence-electron chi connectivity index (χ3n) is 4.13. The van der Waals surface area contributed by atoms with Crippen LogP contribution in [0.4, 0.5) is 11.5 Å². The predicted molar refractivity (Wildman–Crippen MR) is 94.8 cm³/mol. The zero-order valence-electron chi connectivity index (χ0n) is 13.2. The highest BCUT2D eigenvalue weighted by Gasteiger charge is 2.22. The Hall–Kier alpha value is -3.08. The van der Waals surface area contributed by atoms with Gasteiger partial charge in [0.25, 0.3) is 0 Å². The monoisotopic (exact) mass is 318 g/mol. The Labute approximate surface area is 140 Å². The maximum Gasteiger partial charge on any atom is 0.135 e. The third kappa shape index (κ3) is 2.76. The smallest absolute Gasteiger partial charge is 0.135 e. The number of nitrogen functional groups attached to an aromatic ring is 1. The molecule has 0 spiro atoms. The average Bonchev–Trinajstić information content (AvgIpc) is 3.10. The number of benzene rings is 1. The van der Waals surface area contributed by atoms with Crippen molar-refractivity contribution >= 4 is 11.5 Å². The molecule has 0 unspecified atom stereocenters. The molecule has 2 aromatic heterocycles. The summed E-state index contributed by atoms with van der Waals surface area (Å²) in [6, 6.07) is 11.8. The Morgan fingerprint density at radius 2 is 2.04 bits per heavy atom. The Balaban J connectivity index is 1.62. The highest BCUT2D eigenvalue weighted by molar-refractivity contribution is 5.75. The molecule has 0 aliphatic carbocycles. The molecule has 0 amide bonds. The van der Waals surface area contributed by atoms with Gasteiger partial charge in [-0.3, -0.25) is 4.98 Å². The maximum atomic E-state index is 5.88. The van der Waals surface area contributed by atoms with Crippen LogP contribution in [-0.2, 0) is 13.0 Å². The number of fused-ring (bicyclic) bond motifs is 1. The quantitative estimate of drug-likeness (QED) is 0.722. The van der Waals surface area contributed by atoms with Crippen LogP contribution < -0.4 is 15.8 Å². The zero-order chi connectivity index (χ0) is 16.4. The number of hydrogen-bond donors (Lipinski definition) is 2. The van der Waals surface area contributed by atoms with Crippen molar-refractivity contribution in [3.8, 4) is 16.9 Å². The first-order chi connectivity index (χ1) is 11.8. The van der Waals surface area contributed by atoms with E-state index in [0.717, 1.165) is 45.9 Å². The van der Waals surface area contributed by atoms with Gasteiger partial charge in [-0.1, -0.05) is 12.1 Å². The third-order valence-corrected chi connectivity index (χ3v) is 4.13. The normalized spacial score (nSPS) is 12.5. The molecule has 4 rings (SSSR count). The summed E-state index contributed by atoms with van der Waals surface area (Å²) >= 11 is 0. The van der Waals surface area contributed by atoms with E-state index in [9.17, 15) is 0 Å². The lowest BCUT2D eigenvalue weighted by Crippen LogP contribution is -2.04. The minimum absolute atomic E-state index is 0.680. The number of rotatable bonds is 4. The number of ether oxygens (including phenoxy) is 1. The molecule has 5 nitrogen and oxygen atoms in total. The van der Waals surface area contributed by atoms with Crippen LogP contribution in [0.5, 0.6) is 5.75 Å². The fraction of sp³-hybridized carbons (Fsp3) is 0.158. The van der Waals surface area contributed by atoms with Crippen molar-refractivity contribution in [3.05, 3.63) is 66.1 Å². The minimum atomic E-state index is 0.680. The van der Waals surface area contributed by atoms with Gasteiger partial charge in [-0.25, -0.2) is 4.98 Å². The van der Waals surface area contributed by atoms with Gasteiger partial charge in [0.15, 0.2) is 0 Å². The number of nitrogens with two attached hydrogens (primary N) is 1. The second kappa shape index (κ2) is 6.20. The summed E-state index contributed by atoms with van der Waals surface area (Å²) in [5.74, 6) is 1.80. The van der Waals surface area contributed by atoms with E-state index in [1.54, 1.807) is 12.4 Å². The van der Waals surface area contributed by atoms with Gasteiger partial charge in [0.05, 0.1) is 6.61 Å². The van der Waals surface area contributed by atoms with Crippen LogP contribution in [0.2, 0.25) is 0 Å². The van der Waals surface area contributed by atoms with E-state index in [0.29, 0.717) is 13.2 Å². The minimum Gasteiger partial charge on any atom is -0.492 e. The summed E-state index contributed by atoms with van der Waals surface area (Å²) in [4.78, 5) is 8.69. The summed E-state index contributed by atoms with van der Waals surface area (Å²) in [5.41, 5.74) is 10.9. The van der Waals surface area contributed by atoms with E-state index >= 15 is 0 Å². The molecular formula is C19H18N4O. The molecule has 0 fully saturated rings. The van der Waals surface area contributed by atoms with E-state index < -0.39 is 0 Å². The van der Waals surface area contributed by atoms with E-state index in [2.05, 4.69) is 15.3 Å². The molecule has 5 heteroatoms. The van der Waals surface area contributed by atoms with Gasteiger partial charge >= 0.3 is 0 Å². The van der Waals surface area contributed by atoms with E-state index in [4.69, 9.17) is 10.5 Å². The summed E-state index contributed by atoms with van der Waals surface area (Å²) in [5, 5.41) is 3.41. The van der Waals surface area contributed by atoms with Crippen molar-refractivity contribution in [3.63, 3.8) is 0 Å². The second-order valence-electron chi connectivity index (χ2n) is 5.76. The first kappa shape index (κ1) is 14.5. The number of aromatic nitrogens is 2. The summed E-state index contributed by atoms with van der Waals surface area (Å²) < 4.78 is 5.88. The van der Waals surface area contributed by atoms with Crippen LogP contribution in [0.15, 0.2) is 55.0 Å². The molecule has 0 radical (unpaired) electrons. The molecule has 0 saturated heterocycles. The highest BCUT2D eigenvalue weighted by Crippen LogP contribution is 2.39. The molecular weight excluding hydrogens is 300 g/mol. The van der Waals surface area contributed by atoms with E-state index in [-0.39, 0.29) is 0 Å². The van der Waals surface area contributed by atoms with Crippen LogP contribution in [0.1, 0.15) is 11.1 Å². The molecule has 1 aliphatic heterocycles. The SMILES string of the molecule is Nc1cccc(CNc2ncc(-c3ccncc3)c3c2CCO3)c1. The van der Waals surface area contributed by atoms with Crippen LogP contribution >= 0.6 is 0 Å². The van der Waals surface area contributed by atoms with Gasteiger partial charge in [-0.05, 0) is 35.4 Å². The number of hydrogen-bond acceptors (Lipinski definition) is 5. The van der Waals surface area contributed by atoms with Gasteiger partial charge in [-0.15, -0.1) is 0 Å². The molecule has 0 bridgehead atoms. The lowest BCUT2D eigenvalue weighted by Gasteiger charge is -2.13. The molecule has 0 atom stereocenters. The molecule has 120 valence electrons. The van der Waals surface area contributed by atoms with Gasteiger partial charge in [0.2, 0.25) is 0 Å². The number of nitrogens with zero attached hydrogens (tertiary/aromatic N) is 2. The first-order valence-corrected chi connectivity index (χ1v) is 7.94. The standard InChI is InChI=1S/C19H18N4O/c20-15-3-1-2-13(10-15)11-22-19-16-6-9-24-18(16)17(12-23-19)14-4-7-21-8-5-14/h1-5,7-8,10,12H,6,9,11,20H2,(H,22,23). The summed E-state index contributed by atoms with van der Waals surface area (Å²) in [6.07, 6.45) is 6.28. The van der Waals surface area contributed by atoms with Crippen molar-refractivity contribution in [1.82, 2.24) is 9.97 Å². The molecule has 3 heterocycles. The lowest BCUT2D eigenvalue weighted by molar-refractivity contribution is 0.358. The zero-order valence-corrected chi connectivity index (χ0v) is 13.2. The van der Waals surface area contributed by atoms with Crippen LogP contribution in [0.3, 0.4) is 0 Å². The van der Waals surface area contributed by atoms with E-state index in [1.807, 2.05) is 42.6 Å². The molecule has 3 aromatic rings. The van der Waals surface area contributed by atoms with E-state index in [1.165, 1.54) is 0 Å². The molecule has 24 heavy (non-hydrogen) atoms. The molecule has 0 saturated carbocycles. The van der Waals surface area contributed by atoms with Gasteiger partial charge in [-0.2, -0.15) is 0 Å². The topological polar surface area (TPSA) is 73.1 Å².